The fraction of sp³-hybridized carbons (Fsp3) is 0.333. The van der Waals surface area contributed by atoms with Gasteiger partial charge >= 0.3 is 0 Å². The van der Waals surface area contributed by atoms with Crippen LogP contribution in [0, 0.1) is 0 Å². The van der Waals surface area contributed by atoms with Crippen LogP contribution in [0.4, 0.5) is 0 Å². The van der Waals surface area contributed by atoms with Gasteiger partial charge in [0.1, 0.15) is 5.69 Å². The van der Waals surface area contributed by atoms with Crippen molar-refractivity contribution in [3.8, 4) is 11.4 Å². The molecular weight excluding hydrogens is 318 g/mol. The number of pyridine rings is 1. The lowest BCUT2D eigenvalue weighted by atomic mass is 9.94. The van der Waals surface area contributed by atoms with Crippen molar-refractivity contribution in [3.63, 3.8) is 0 Å². The number of aromatic nitrogens is 4. The number of hydrogen-bond donors (Lipinski definition) is 1. The van der Waals surface area contributed by atoms with Crippen LogP contribution in [-0.4, -0.2) is 38.1 Å². The van der Waals surface area contributed by atoms with E-state index in [9.17, 15) is 4.79 Å². The third kappa shape index (κ3) is 3.66. The van der Waals surface area contributed by atoms with Gasteiger partial charge in [-0.15, -0.1) is 0 Å². The molecule has 1 N–H and O–H groups in total. The Hall–Kier alpha value is -2.80. The summed E-state index contributed by atoms with van der Waals surface area (Å²) in [6.07, 6.45) is 5.34. The average Bonchev–Trinajstić information content (AvgIpc) is 3.11. The molecule has 1 fully saturated rings. The predicted octanol–water partition coefficient (Wildman–Crippen LogP) is 2.20. The molecule has 1 atom stereocenters. The summed E-state index contributed by atoms with van der Waals surface area (Å²) in [5, 5.41) is 4.12. The number of hydrogen-bond acceptors (Lipinski definition) is 6. The Kier molecular flexibility index (Phi) is 4.39. The number of aromatic amines is 1. The van der Waals surface area contributed by atoms with Crippen molar-refractivity contribution in [2.45, 2.75) is 25.3 Å². The molecule has 1 aliphatic rings. The molecule has 0 aromatic carbocycles. The van der Waals surface area contributed by atoms with Crippen LogP contribution in [0.3, 0.4) is 0 Å². The van der Waals surface area contributed by atoms with Crippen molar-refractivity contribution in [3.05, 3.63) is 64.7 Å². The molecule has 7 nitrogen and oxygen atoms in total. The molecule has 4 rings (SSSR count). The second-order valence-electron chi connectivity index (χ2n) is 6.30. The standard InChI is InChI=1S/C18H19N5O2/c24-18-9-16(20-12-21-18)13-4-3-7-23(10-13)11-14-8-17(22-25-14)15-5-1-2-6-19-15/h1-2,5-6,8-9,12-13H,3-4,7,10-11H2,(H,20,21,24)/t13-/m0/s1. The zero-order valence-electron chi connectivity index (χ0n) is 13.8. The number of piperidine rings is 1. The number of rotatable bonds is 4. The molecule has 1 saturated heterocycles. The van der Waals surface area contributed by atoms with Gasteiger partial charge in [0.25, 0.3) is 5.56 Å². The summed E-state index contributed by atoms with van der Waals surface area (Å²) >= 11 is 0. The van der Waals surface area contributed by atoms with Gasteiger partial charge in [-0.05, 0) is 31.5 Å². The molecule has 0 bridgehead atoms. The minimum absolute atomic E-state index is 0.0997. The van der Waals surface area contributed by atoms with Crippen molar-refractivity contribution in [1.29, 1.82) is 0 Å². The topological polar surface area (TPSA) is 87.9 Å². The van der Waals surface area contributed by atoms with Crippen LogP contribution in [0.25, 0.3) is 11.4 Å². The molecule has 1 aliphatic heterocycles. The molecule has 0 amide bonds. The lowest BCUT2D eigenvalue weighted by Crippen LogP contribution is -2.34. The van der Waals surface area contributed by atoms with Gasteiger partial charge in [-0.3, -0.25) is 14.7 Å². The second-order valence-corrected chi connectivity index (χ2v) is 6.30. The largest absolute Gasteiger partial charge is 0.359 e. The fourth-order valence-electron chi connectivity index (χ4n) is 3.29. The van der Waals surface area contributed by atoms with Gasteiger partial charge in [-0.2, -0.15) is 0 Å². The highest BCUT2D eigenvalue weighted by atomic mass is 16.5. The highest BCUT2D eigenvalue weighted by molar-refractivity contribution is 5.52. The number of nitrogens with zero attached hydrogens (tertiary/aromatic N) is 4. The lowest BCUT2D eigenvalue weighted by Gasteiger charge is -2.31. The lowest BCUT2D eigenvalue weighted by molar-refractivity contribution is 0.179. The third-order valence-electron chi connectivity index (χ3n) is 4.49. The van der Waals surface area contributed by atoms with Crippen molar-refractivity contribution in [2.75, 3.05) is 13.1 Å². The number of likely N-dealkylation sites (tertiary alicyclic amines) is 1. The van der Waals surface area contributed by atoms with Crippen LogP contribution in [0.2, 0.25) is 0 Å². The molecule has 25 heavy (non-hydrogen) atoms. The van der Waals surface area contributed by atoms with E-state index < -0.39 is 0 Å². The number of H-pyrrole nitrogens is 1. The minimum Gasteiger partial charge on any atom is -0.359 e. The monoisotopic (exact) mass is 337 g/mol. The minimum atomic E-state index is -0.0997. The van der Waals surface area contributed by atoms with Gasteiger partial charge < -0.3 is 9.51 Å². The molecule has 0 aliphatic carbocycles. The summed E-state index contributed by atoms with van der Waals surface area (Å²) in [4.78, 5) is 25.0. The summed E-state index contributed by atoms with van der Waals surface area (Å²) < 4.78 is 5.48. The SMILES string of the molecule is O=c1cc([C@H]2CCCN(Cc3cc(-c4ccccn4)no3)C2)nc[nH]1. The molecule has 128 valence electrons. The van der Waals surface area contributed by atoms with E-state index in [0.29, 0.717) is 6.54 Å². The molecule has 4 heterocycles. The van der Waals surface area contributed by atoms with E-state index in [2.05, 4.69) is 25.0 Å². The number of nitrogens with one attached hydrogen (secondary N) is 1. The van der Waals surface area contributed by atoms with Gasteiger partial charge in [0, 0.05) is 30.8 Å². The molecule has 0 spiro atoms. The Morgan fingerprint density at radius 1 is 1.24 bits per heavy atom. The molecule has 7 heteroatoms. The Labute approximate surface area is 144 Å². The summed E-state index contributed by atoms with van der Waals surface area (Å²) in [5.41, 5.74) is 2.32. The molecule has 3 aromatic rings. The average molecular weight is 337 g/mol. The first-order valence-corrected chi connectivity index (χ1v) is 8.42. The first kappa shape index (κ1) is 15.7. The molecular formula is C18H19N5O2. The van der Waals surface area contributed by atoms with E-state index in [0.717, 1.165) is 48.8 Å². The zero-order chi connectivity index (χ0) is 17.1. The highest BCUT2D eigenvalue weighted by Crippen LogP contribution is 2.26. The molecule has 0 radical (unpaired) electrons. The van der Waals surface area contributed by atoms with Gasteiger partial charge in [-0.25, -0.2) is 4.98 Å². The van der Waals surface area contributed by atoms with E-state index in [1.807, 2.05) is 24.3 Å². The zero-order valence-corrected chi connectivity index (χ0v) is 13.8. The van der Waals surface area contributed by atoms with Crippen molar-refractivity contribution < 1.29 is 4.52 Å². The molecule has 0 saturated carbocycles. The fourth-order valence-corrected chi connectivity index (χ4v) is 3.29. The van der Waals surface area contributed by atoms with Crippen LogP contribution in [0.15, 0.2) is 52.2 Å². The van der Waals surface area contributed by atoms with E-state index in [1.165, 1.54) is 6.33 Å². The summed E-state index contributed by atoms with van der Waals surface area (Å²) in [7, 11) is 0. The van der Waals surface area contributed by atoms with Crippen LogP contribution < -0.4 is 5.56 Å². The predicted molar refractivity (Wildman–Crippen MR) is 91.8 cm³/mol. The Morgan fingerprint density at radius 3 is 3.04 bits per heavy atom. The Bertz CT molecular complexity index is 889. The van der Waals surface area contributed by atoms with Crippen molar-refractivity contribution >= 4 is 0 Å². The normalized spacial score (nSPS) is 18.3. The maximum absolute atomic E-state index is 11.5. The van der Waals surface area contributed by atoms with Gasteiger partial charge in [0.2, 0.25) is 0 Å². The van der Waals surface area contributed by atoms with E-state index in [-0.39, 0.29) is 11.5 Å². The molecule has 3 aromatic heterocycles. The van der Waals surface area contributed by atoms with Crippen molar-refractivity contribution in [2.24, 2.45) is 0 Å². The van der Waals surface area contributed by atoms with Crippen LogP contribution in [0.1, 0.15) is 30.2 Å². The van der Waals surface area contributed by atoms with E-state index in [1.54, 1.807) is 12.3 Å². The Balaban J connectivity index is 1.44. The highest BCUT2D eigenvalue weighted by Gasteiger charge is 2.23. The Morgan fingerprint density at radius 2 is 2.20 bits per heavy atom. The van der Waals surface area contributed by atoms with E-state index in [4.69, 9.17) is 4.52 Å². The maximum Gasteiger partial charge on any atom is 0.250 e. The second kappa shape index (κ2) is 6.98. The van der Waals surface area contributed by atoms with Gasteiger partial charge in [0.15, 0.2) is 5.76 Å². The van der Waals surface area contributed by atoms with Gasteiger partial charge in [-0.1, -0.05) is 11.2 Å². The van der Waals surface area contributed by atoms with Crippen LogP contribution in [0.5, 0.6) is 0 Å². The summed E-state index contributed by atoms with van der Waals surface area (Å²) in [6, 6.07) is 9.26. The third-order valence-corrected chi connectivity index (χ3v) is 4.49. The van der Waals surface area contributed by atoms with E-state index >= 15 is 0 Å². The molecule has 0 unspecified atom stereocenters. The quantitative estimate of drug-likeness (QED) is 0.785. The smallest absolute Gasteiger partial charge is 0.250 e. The maximum atomic E-state index is 11.5. The van der Waals surface area contributed by atoms with Crippen LogP contribution in [-0.2, 0) is 6.54 Å². The van der Waals surface area contributed by atoms with Gasteiger partial charge in [0.05, 0.1) is 24.3 Å². The van der Waals surface area contributed by atoms with Crippen LogP contribution >= 0.6 is 0 Å². The summed E-state index contributed by atoms with van der Waals surface area (Å²) in [5.74, 6) is 1.09. The first-order chi connectivity index (χ1) is 12.3. The van der Waals surface area contributed by atoms with Crippen molar-refractivity contribution in [1.82, 2.24) is 25.0 Å². The summed E-state index contributed by atoms with van der Waals surface area (Å²) in [6.45, 7) is 2.55. The first-order valence-electron chi connectivity index (χ1n) is 8.42.